The average molecular weight is 244 g/mol. The van der Waals surface area contributed by atoms with Gasteiger partial charge in [0.25, 0.3) is 7.63 Å². The third kappa shape index (κ3) is 9.55. The maximum atomic E-state index is 5.72. The highest BCUT2D eigenvalue weighted by atomic mass is 35.8. The minimum Gasteiger partial charge on any atom is -0.410 e. The van der Waals surface area contributed by atoms with E-state index in [1.165, 1.54) is 0 Å². The molecule has 0 amide bonds. The molecular weight excluding hydrogens is 238 g/mol. The van der Waals surface area contributed by atoms with Crippen molar-refractivity contribution in [3.63, 3.8) is 0 Å². The predicted molar refractivity (Wildman–Crippen MR) is 47.7 cm³/mol. The smallest absolute Gasteiger partial charge is 0.410 e. The zero-order chi connectivity index (χ0) is 7.71. The summed E-state index contributed by atoms with van der Waals surface area (Å²) in [6.07, 6.45) is -2.95. The van der Waals surface area contributed by atoms with Crippen LogP contribution in [0.15, 0.2) is 0 Å². The SMILES string of the molecule is C[Si](C)(Cl)O[Si](Cl)(Cl)Cl. The van der Waals surface area contributed by atoms with Crippen LogP contribution in [0.3, 0.4) is 0 Å². The molecule has 0 bridgehead atoms. The van der Waals surface area contributed by atoms with Gasteiger partial charge in [-0.15, -0.1) is 11.1 Å². The molecule has 0 spiro atoms. The van der Waals surface area contributed by atoms with Gasteiger partial charge in [0, 0.05) is 0 Å². The van der Waals surface area contributed by atoms with Gasteiger partial charge in [-0.05, 0) is 13.1 Å². The Balaban J connectivity index is 3.75. The number of hydrogen-bond donors (Lipinski definition) is 0. The Kier molecular flexibility index (Phi) is 3.87. The molecule has 0 aromatic rings. The van der Waals surface area contributed by atoms with Crippen molar-refractivity contribution in [1.29, 1.82) is 0 Å². The molecule has 0 unspecified atom stereocenters. The maximum absolute atomic E-state index is 5.72. The monoisotopic (exact) mass is 242 g/mol. The van der Waals surface area contributed by atoms with Crippen LogP contribution in [0.25, 0.3) is 0 Å². The molecule has 0 aliphatic carbocycles. The first-order valence-corrected chi connectivity index (χ1v) is 11.0. The molecule has 9 heavy (non-hydrogen) atoms. The van der Waals surface area contributed by atoms with E-state index in [9.17, 15) is 0 Å². The Labute approximate surface area is 75.3 Å². The van der Waals surface area contributed by atoms with Gasteiger partial charge in [0.05, 0.1) is 0 Å². The summed E-state index contributed by atoms with van der Waals surface area (Å²) in [4.78, 5) is 0. The number of hydrogen-bond acceptors (Lipinski definition) is 1. The van der Waals surface area contributed by atoms with Crippen LogP contribution in [0.4, 0.5) is 0 Å². The summed E-state index contributed by atoms with van der Waals surface area (Å²) in [5.74, 6) is 0. The van der Waals surface area contributed by atoms with Gasteiger partial charge >= 0.3 is 6.25 Å². The van der Waals surface area contributed by atoms with Crippen molar-refractivity contribution in [1.82, 2.24) is 0 Å². The summed E-state index contributed by atoms with van der Waals surface area (Å²) in [6, 6.07) is 0. The summed E-state index contributed by atoms with van der Waals surface area (Å²) >= 11 is 22.0. The van der Waals surface area contributed by atoms with E-state index in [0.29, 0.717) is 0 Å². The second-order valence-electron chi connectivity index (χ2n) is 1.91. The van der Waals surface area contributed by atoms with Gasteiger partial charge in [0.1, 0.15) is 0 Å². The molecule has 0 saturated carbocycles. The van der Waals surface area contributed by atoms with Crippen LogP contribution in [-0.4, -0.2) is 13.9 Å². The number of halogens is 4. The third-order valence-electron chi connectivity index (χ3n) is 0.358. The molecule has 0 aliphatic rings. The van der Waals surface area contributed by atoms with Crippen LogP contribution in [0.2, 0.25) is 13.1 Å². The fourth-order valence-electron chi connectivity index (χ4n) is 0.275. The van der Waals surface area contributed by atoms with E-state index in [1.54, 1.807) is 13.1 Å². The molecule has 0 N–H and O–H groups in total. The van der Waals surface area contributed by atoms with Crippen molar-refractivity contribution >= 4 is 58.2 Å². The van der Waals surface area contributed by atoms with E-state index in [1.807, 2.05) is 0 Å². The molecule has 0 radical (unpaired) electrons. The summed E-state index contributed by atoms with van der Waals surface area (Å²) in [7, 11) is -2.15. The molecular formula is C2H6Cl4OSi2. The van der Waals surface area contributed by atoms with Crippen LogP contribution < -0.4 is 0 Å². The second kappa shape index (κ2) is 3.30. The van der Waals surface area contributed by atoms with E-state index in [4.69, 9.17) is 48.4 Å². The van der Waals surface area contributed by atoms with Crippen molar-refractivity contribution in [3.8, 4) is 0 Å². The van der Waals surface area contributed by atoms with E-state index in [2.05, 4.69) is 0 Å². The highest BCUT2D eigenvalue weighted by Gasteiger charge is 2.35. The van der Waals surface area contributed by atoms with E-state index in [-0.39, 0.29) is 0 Å². The highest BCUT2D eigenvalue weighted by Crippen LogP contribution is 2.27. The lowest BCUT2D eigenvalue weighted by Crippen LogP contribution is -2.33. The highest BCUT2D eigenvalue weighted by molar-refractivity contribution is 7.63. The molecule has 0 atom stereocenters. The van der Waals surface area contributed by atoms with Crippen molar-refractivity contribution in [2.24, 2.45) is 0 Å². The molecule has 0 heterocycles. The van der Waals surface area contributed by atoms with Gasteiger partial charge in [-0.3, -0.25) is 0 Å². The standard InChI is InChI=1S/C2H6Cl4OSi2/c1-8(2,3)7-9(4,5)6/h1-2H3. The van der Waals surface area contributed by atoms with Crippen molar-refractivity contribution in [2.75, 3.05) is 0 Å². The topological polar surface area (TPSA) is 9.23 Å². The van der Waals surface area contributed by atoms with Crippen LogP contribution >= 0.6 is 44.3 Å². The van der Waals surface area contributed by atoms with E-state index >= 15 is 0 Å². The minimum atomic E-state index is -2.95. The Morgan fingerprint density at radius 2 is 1.33 bits per heavy atom. The molecule has 7 heteroatoms. The lowest BCUT2D eigenvalue weighted by molar-refractivity contribution is 0.616. The molecule has 0 rings (SSSR count). The summed E-state index contributed by atoms with van der Waals surface area (Å²) < 4.78 is 4.96. The molecule has 56 valence electrons. The Hall–Kier alpha value is 1.55. The summed E-state index contributed by atoms with van der Waals surface area (Å²) in [5, 5.41) is 0. The largest absolute Gasteiger partial charge is 0.484 e. The van der Waals surface area contributed by atoms with Crippen LogP contribution in [0, 0.1) is 0 Å². The summed E-state index contributed by atoms with van der Waals surface area (Å²) in [5.41, 5.74) is 0. The van der Waals surface area contributed by atoms with Gasteiger partial charge in [-0.2, -0.15) is 0 Å². The van der Waals surface area contributed by atoms with Crippen LogP contribution in [0.5, 0.6) is 0 Å². The van der Waals surface area contributed by atoms with Gasteiger partial charge in [0.2, 0.25) is 0 Å². The van der Waals surface area contributed by atoms with Crippen molar-refractivity contribution < 1.29 is 4.12 Å². The molecule has 0 fully saturated rings. The predicted octanol–water partition coefficient (Wildman–Crippen LogP) is 3.10. The third-order valence-corrected chi connectivity index (χ3v) is 6.00. The Morgan fingerprint density at radius 3 is 1.33 bits per heavy atom. The maximum Gasteiger partial charge on any atom is 0.484 e. The Bertz CT molecular complexity index is 81.7. The quantitative estimate of drug-likeness (QED) is 0.535. The average Bonchev–Trinajstić information content (AvgIpc) is 1.14. The lowest BCUT2D eigenvalue weighted by Gasteiger charge is -2.18. The minimum absolute atomic E-state index is 1.75. The second-order valence-corrected chi connectivity index (χ2v) is 15.6. The Morgan fingerprint density at radius 1 is 1.00 bits per heavy atom. The van der Waals surface area contributed by atoms with Crippen LogP contribution in [0.1, 0.15) is 0 Å². The van der Waals surface area contributed by atoms with Gasteiger partial charge in [-0.25, -0.2) is 0 Å². The van der Waals surface area contributed by atoms with Gasteiger partial charge < -0.3 is 4.12 Å². The van der Waals surface area contributed by atoms with Crippen molar-refractivity contribution in [3.05, 3.63) is 0 Å². The molecule has 0 aromatic carbocycles. The first kappa shape index (κ1) is 10.6. The summed E-state index contributed by atoms with van der Waals surface area (Å²) in [6.45, 7) is 3.51. The molecule has 0 aromatic heterocycles. The fraction of sp³-hybridized carbons (Fsp3) is 1.00. The van der Waals surface area contributed by atoms with Crippen LogP contribution in [-0.2, 0) is 4.12 Å². The normalized spacial score (nSPS) is 14.0. The molecule has 1 nitrogen and oxygen atoms in total. The van der Waals surface area contributed by atoms with Gasteiger partial charge in [0.15, 0.2) is 0 Å². The lowest BCUT2D eigenvalue weighted by atomic mass is 11.9. The first-order valence-electron chi connectivity index (χ1n) is 2.16. The van der Waals surface area contributed by atoms with Crippen molar-refractivity contribution in [2.45, 2.75) is 13.1 Å². The van der Waals surface area contributed by atoms with E-state index < -0.39 is 13.9 Å². The fourth-order valence-corrected chi connectivity index (χ4v) is 9.79. The molecule has 0 aliphatic heterocycles. The number of rotatable bonds is 2. The first-order chi connectivity index (χ1) is 3.71. The zero-order valence-corrected chi connectivity index (χ0v) is 9.94. The van der Waals surface area contributed by atoms with Gasteiger partial charge in [-0.1, -0.05) is 33.2 Å². The van der Waals surface area contributed by atoms with E-state index in [0.717, 1.165) is 0 Å². The molecule has 0 saturated heterocycles. The zero-order valence-electron chi connectivity index (χ0n) is 4.92.